The maximum absolute atomic E-state index is 12.3. The molecule has 0 bridgehead atoms. The van der Waals surface area contributed by atoms with E-state index in [1.807, 2.05) is 0 Å². The van der Waals surface area contributed by atoms with E-state index in [1.165, 1.54) is 0 Å². The van der Waals surface area contributed by atoms with Gasteiger partial charge in [0.15, 0.2) is 0 Å². The average molecular weight is 343 g/mol. The second kappa shape index (κ2) is 7.23. The van der Waals surface area contributed by atoms with Crippen LogP contribution in [0.25, 0.3) is 0 Å². The maximum atomic E-state index is 12.3. The standard InChI is InChI=1S/C18H21N3O2S/c19-17(11-1-7-14(24)8-2-11)16-15(9-10-20-18(16)23)21-12-3-5-13(22)6-4-12/h1-2,7-10,12-13,19,22,24H,3-6H2,(H2,20,21,23). The molecule has 1 aromatic carbocycles. The molecule has 0 spiro atoms. The molecular weight excluding hydrogens is 322 g/mol. The zero-order valence-corrected chi connectivity index (χ0v) is 14.1. The summed E-state index contributed by atoms with van der Waals surface area (Å²) in [6.07, 6.45) is 4.61. The molecule has 1 heterocycles. The number of aromatic amines is 1. The Morgan fingerprint density at radius 3 is 2.50 bits per heavy atom. The number of hydrogen-bond donors (Lipinski definition) is 5. The lowest BCUT2D eigenvalue weighted by Gasteiger charge is -2.27. The lowest BCUT2D eigenvalue weighted by molar-refractivity contribution is 0.126. The lowest BCUT2D eigenvalue weighted by atomic mass is 9.92. The number of anilines is 1. The fraction of sp³-hybridized carbons (Fsp3) is 0.333. The van der Waals surface area contributed by atoms with Crippen LogP contribution in [0.4, 0.5) is 5.69 Å². The highest BCUT2D eigenvalue weighted by atomic mass is 32.1. The summed E-state index contributed by atoms with van der Waals surface area (Å²) in [6, 6.07) is 9.19. The Balaban J connectivity index is 1.88. The second-order valence-corrected chi connectivity index (χ2v) is 6.68. The van der Waals surface area contributed by atoms with E-state index in [9.17, 15) is 9.90 Å². The molecule has 0 unspecified atom stereocenters. The van der Waals surface area contributed by atoms with Crippen LogP contribution in [0.3, 0.4) is 0 Å². The number of thiol groups is 1. The molecule has 1 aromatic heterocycles. The molecule has 4 N–H and O–H groups in total. The van der Waals surface area contributed by atoms with Crippen LogP contribution in [-0.4, -0.2) is 27.9 Å². The molecule has 6 heteroatoms. The summed E-state index contributed by atoms with van der Waals surface area (Å²) in [7, 11) is 0. The summed E-state index contributed by atoms with van der Waals surface area (Å²) in [5.41, 5.74) is 1.58. The van der Waals surface area contributed by atoms with E-state index in [0.717, 1.165) is 30.6 Å². The van der Waals surface area contributed by atoms with Gasteiger partial charge in [-0.05, 0) is 43.9 Å². The molecule has 24 heavy (non-hydrogen) atoms. The van der Waals surface area contributed by atoms with Gasteiger partial charge in [0, 0.05) is 22.7 Å². The van der Waals surface area contributed by atoms with Crippen molar-refractivity contribution in [1.29, 1.82) is 5.41 Å². The van der Waals surface area contributed by atoms with Crippen molar-refractivity contribution >= 4 is 24.0 Å². The maximum Gasteiger partial charge on any atom is 0.259 e. The normalized spacial score (nSPS) is 20.6. The Kier molecular flexibility index (Phi) is 5.06. The van der Waals surface area contributed by atoms with Crippen LogP contribution in [0.5, 0.6) is 0 Å². The van der Waals surface area contributed by atoms with Crippen molar-refractivity contribution in [3.63, 3.8) is 0 Å². The Morgan fingerprint density at radius 1 is 1.17 bits per heavy atom. The Labute approximate surface area is 146 Å². The summed E-state index contributed by atoms with van der Waals surface area (Å²) in [5.74, 6) is 0. The SMILES string of the molecule is N=C(c1ccc(S)cc1)c1c(NC2CCC(O)CC2)cc[nH]c1=O. The van der Waals surface area contributed by atoms with E-state index in [0.29, 0.717) is 16.8 Å². The summed E-state index contributed by atoms with van der Waals surface area (Å²) in [6.45, 7) is 0. The molecule has 0 radical (unpaired) electrons. The fourth-order valence-electron chi connectivity index (χ4n) is 3.06. The van der Waals surface area contributed by atoms with Crippen LogP contribution < -0.4 is 10.9 Å². The van der Waals surface area contributed by atoms with Crippen LogP contribution >= 0.6 is 12.6 Å². The van der Waals surface area contributed by atoms with E-state index >= 15 is 0 Å². The molecule has 0 aliphatic heterocycles. The predicted octanol–water partition coefficient (Wildman–Crippen LogP) is 2.80. The molecule has 2 aromatic rings. The van der Waals surface area contributed by atoms with Crippen molar-refractivity contribution in [2.24, 2.45) is 0 Å². The molecule has 0 atom stereocenters. The first-order valence-electron chi connectivity index (χ1n) is 8.09. The van der Waals surface area contributed by atoms with Crippen molar-refractivity contribution in [2.75, 3.05) is 5.32 Å². The zero-order chi connectivity index (χ0) is 17.1. The van der Waals surface area contributed by atoms with Crippen molar-refractivity contribution in [2.45, 2.75) is 42.7 Å². The van der Waals surface area contributed by atoms with E-state index in [2.05, 4.69) is 22.9 Å². The highest BCUT2D eigenvalue weighted by molar-refractivity contribution is 7.80. The third-order valence-electron chi connectivity index (χ3n) is 4.42. The minimum Gasteiger partial charge on any atom is -0.393 e. The molecule has 126 valence electrons. The van der Waals surface area contributed by atoms with Crippen molar-refractivity contribution < 1.29 is 5.11 Å². The number of aliphatic hydroxyl groups excluding tert-OH is 1. The Morgan fingerprint density at radius 2 is 1.83 bits per heavy atom. The molecule has 0 amide bonds. The van der Waals surface area contributed by atoms with Gasteiger partial charge in [0.25, 0.3) is 5.56 Å². The van der Waals surface area contributed by atoms with Gasteiger partial charge in [-0.1, -0.05) is 12.1 Å². The number of pyridine rings is 1. The van der Waals surface area contributed by atoms with Crippen molar-refractivity contribution in [3.05, 3.63) is 58.0 Å². The third-order valence-corrected chi connectivity index (χ3v) is 4.72. The highest BCUT2D eigenvalue weighted by Crippen LogP contribution is 2.24. The van der Waals surface area contributed by atoms with Gasteiger partial charge in [-0.15, -0.1) is 12.6 Å². The summed E-state index contributed by atoms with van der Waals surface area (Å²) in [5, 5.41) is 21.5. The number of aliphatic hydroxyl groups is 1. The van der Waals surface area contributed by atoms with Gasteiger partial charge in [-0.2, -0.15) is 0 Å². The molecule has 5 nitrogen and oxygen atoms in total. The van der Waals surface area contributed by atoms with Crippen LogP contribution in [0, 0.1) is 5.41 Å². The number of nitrogens with one attached hydrogen (secondary N) is 3. The Bertz CT molecular complexity index is 778. The van der Waals surface area contributed by atoms with Crippen LogP contribution in [0.2, 0.25) is 0 Å². The zero-order valence-electron chi connectivity index (χ0n) is 13.2. The van der Waals surface area contributed by atoms with E-state index in [-0.39, 0.29) is 23.4 Å². The van der Waals surface area contributed by atoms with Gasteiger partial charge in [-0.25, -0.2) is 0 Å². The fourth-order valence-corrected chi connectivity index (χ4v) is 3.21. The molecule has 1 aliphatic carbocycles. The third kappa shape index (κ3) is 3.71. The van der Waals surface area contributed by atoms with Crippen molar-refractivity contribution in [1.82, 2.24) is 4.98 Å². The second-order valence-electron chi connectivity index (χ2n) is 6.17. The quantitative estimate of drug-likeness (QED) is 0.437. The summed E-state index contributed by atoms with van der Waals surface area (Å²) in [4.78, 5) is 15.8. The van der Waals surface area contributed by atoms with Crippen LogP contribution in [0.15, 0.2) is 46.2 Å². The predicted molar refractivity (Wildman–Crippen MR) is 98.6 cm³/mol. The molecular formula is C18H21N3O2S. The van der Waals surface area contributed by atoms with E-state index < -0.39 is 0 Å². The van der Waals surface area contributed by atoms with Gasteiger partial charge < -0.3 is 15.4 Å². The smallest absolute Gasteiger partial charge is 0.259 e. The minimum atomic E-state index is -0.282. The number of rotatable bonds is 4. The first kappa shape index (κ1) is 16.8. The van der Waals surface area contributed by atoms with E-state index in [4.69, 9.17) is 5.41 Å². The monoisotopic (exact) mass is 343 g/mol. The van der Waals surface area contributed by atoms with Gasteiger partial charge in [0.2, 0.25) is 0 Å². The first-order chi connectivity index (χ1) is 11.5. The molecule has 0 saturated heterocycles. The number of aromatic nitrogens is 1. The summed E-state index contributed by atoms with van der Waals surface area (Å²) < 4.78 is 0. The van der Waals surface area contributed by atoms with Crippen molar-refractivity contribution in [3.8, 4) is 0 Å². The van der Waals surface area contributed by atoms with Gasteiger partial charge in [-0.3, -0.25) is 10.2 Å². The summed E-state index contributed by atoms with van der Waals surface area (Å²) >= 11 is 4.25. The number of hydrogen-bond acceptors (Lipinski definition) is 5. The lowest BCUT2D eigenvalue weighted by Crippen LogP contribution is -2.30. The highest BCUT2D eigenvalue weighted by Gasteiger charge is 2.21. The van der Waals surface area contributed by atoms with E-state index in [1.54, 1.807) is 36.5 Å². The minimum absolute atomic E-state index is 0.184. The largest absolute Gasteiger partial charge is 0.393 e. The van der Waals surface area contributed by atoms with Crippen LogP contribution in [-0.2, 0) is 0 Å². The number of benzene rings is 1. The molecule has 1 saturated carbocycles. The topological polar surface area (TPSA) is 89.0 Å². The van der Waals surface area contributed by atoms with Gasteiger partial charge >= 0.3 is 0 Å². The van der Waals surface area contributed by atoms with Gasteiger partial charge in [0.1, 0.15) is 0 Å². The average Bonchev–Trinajstić information content (AvgIpc) is 2.57. The van der Waals surface area contributed by atoms with Crippen LogP contribution in [0.1, 0.15) is 36.8 Å². The molecule has 1 fully saturated rings. The Hall–Kier alpha value is -2.05. The molecule has 1 aliphatic rings. The molecule has 3 rings (SSSR count). The first-order valence-corrected chi connectivity index (χ1v) is 8.54. The number of H-pyrrole nitrogens is 1. The van der Waals surface area contributed by atoms with Gasteiger partial charge in [0.05, 0.1) is 23.1 Å².